The second kappa shape index (κ2) is 4.61. The van der Waals surface area contributed by atoms with Gasteiger partial charge in [0.05, 0.1) is 19.0 Å². The number of hydrogen-bond donors (Lipinski definition) is 1. The van der Waals surface area contributed by atoms with Crippen LogP contribution < -0.4 is 5.32 Å². The fourth-order valence-corrected chi connectivity index (χ4v) is 0.746. The number of halogens is 1. The Morgan fingerprint density at radius 1 is 1.62 bits per heavy atom. The molecule has 6 heteroatoms. The minimum atomic E-state index is -0.556. The molecule has 5 nitrogen and oxygen atoms in total. The van der Waals surface area contributed by atoms with Crippen LogP contribution in [-0.4, -0.2) is 22.7 Å². The highest BCUT2D eigenvalue weighted by molar-refractivity contribution is 6.29. The molecule has 1 heterocycles. The normalized spacial score (nSPS) is 9.38. The van der Waals surface area contributed by atoms with E-state index >= 15 is 0 Å². The van der Waals surface area contributed by atoms with E-state index in [1.807, 2.05) is 0 Å². The fourth-order valence-electron chi connectivity index (χ4n) is 0.649. The first-order valence-electron chi connectivity index (χ1n) is 3.63. The Balaban J connectivity index is 2.54. The summed E-state index contributed by atoms with van der Waals surface area (Å²) < 4.78 is 4.63. The van der Waals surface area contributed by atoms with Crippen LogP contribution in [0.15, 0.2) is 12.4 Å². The summed E-state index contributed by atoms with van der Waals surface area (Å²) in [4.78, 5) is 18.4. The van der Waals surface area contributed by atoms with Gasteiger partial charge in [-0.15, -0.1) is 0 Å². The number of nitrogens with zero attached hydrogens (tertiary/aromatic N) is 2. The fraction of sp³-hybridized carbons (Fsp3) is 0.286. The van der Waals surface area contributed by atoms with Gasteiger partial charge in [0.15, 0.2) is 5.82 Å². The van der Waals surface area contributed by atoms with E-state index in [0.29, 0.717) is 12.4 Å². The van der Waals surface area contributed by atoms with Crippen molar-refractivity contribution in [3.63, 3.8) is 0 Å². The number of amides is 1. The summed E-state index contributed by atoms with van der Waals surface area (Å²) in [5.41, 5.74) is 0. The van der Waals surface area contributed by atoms with Crippen LogP contribution in [-0.2, 0) is 4.74 Å². The molecule has 0 unspecified atom stereocenters. The van der Waals surface area contributed by atoms with Crippen molar-refractivity contribution in [1.82, 2.24) is 9.97 Å². The lowest BCUT2D eigenvalue weighted by Gasteiger charge is -2.02. The minimum Gasteiger partial charge on any atom is -0.450 e. The van der Waals surface area contributed by atoms with Crippen molar-refractivity contribution in [2.45, 2.75) is 6.92 Å². The summed E-state index contributed by atoms with van der Waals surface area (Å²) >= 11 is 5.49. The topological polar surface area (TPSA) is 64.1 Å². The van der Waals surface area contributed by atoms with Gasteiger partial charge in [-0.2, -0.15) is 0 Å². The lowest BCUT2D eigenvalue weighted by molar-refractivity contribution is 0.168. The molecule has 0 atom stereocenters. The van der Waals surface area contributed by atoms with Crippen molar-refractivity contribution in [3.05, 3.63) is 17.5 Å². The molecule has 0 saturated heterocycles. The van der Waals surface area contributed by atoms with Crippen molar-refractivity contribution in [3.8, 4) is 0 Å². The molecule has 0 aromatic carbocycles. The quantitative estimate of drug-likeness (QED) is 0.791. The number of carbonyl (C=O) groups is 1. The standard InChI is InChI=1S/C7H8ClN3O2/c1-2-13-7(12)11-6-4-9-5(8)3-10-6/h3-4H,2H2,1H3,(H,10,11,12). The number of rotatable bonds is 2. The highest BCUT2D eigenvalue weighted by atomic mass is 35.5. The largest absolute Gasteiger partial charge is 0.450 e. The third-order valence-electron chi connectivity index (χ3n) is 1.13. The molecule has 0 bridgehead atoms. The molecule has 1 rings (SSSR count). The average molecular weight is 202 g/mol. The molecule has 1 N–H and O–H groups in total. The van der Waals surface area contributed by atoms with Gasteiger partial charge in [-0.3, -0.25) is 5.32 Å². The van der Waals surface area contributed by atoms with Crippen LogP contribution in [0.25, 0.3) is 0 Å². The molecule has 70 valence electrons. The van der Waals surface area contributed by atoms with Crippen LogP contribution in [0.2, 0.25) is 5.15 Å². The second-order valence-corrected chi connectivity index (χ2v) is 2.46. The van der Waals surface area contributed by atoms with Crippen LogP contribution in [0.1, 0.15) is 6.92 Å². The smallest absolute Gasteiger partial charge is 0.412 e. The maximum Gasteiger partial charge on any atom is 0.412 e. The van der Waals surface area contributed by atoms with Crippen molar-refractivity contribution in [2.75, 3.05) is 11.9 Å². The second-order valence-electron chi connectivity index (χ2n) is 2.07. The predicted molar refractivity (Wildman–Crippen MR) is 47.7 cm³/mol. The third kappa shape index (κ3) is 3.25. The Morgan fingerprint density at radius 3 is 2.92 bits per heavy atom. The van der Waals surface area contributed by atoms with E-state index in [-0.39, 0.29) is 5.15 Å². The number of carbonyl (C=O) groups excluding carboxylic acids is 1. The molecular formula is C7H8ClN3O2. The molecular weight excluding hydrogens is 194 g/mol. The van der Waals surface area contributed by atoms with Gasteiger partial charge in [0.2, 0.25) is 0 Å². The van der Waals surface area contributed by atoms with E-state index in [0.717, 1.165) is 0 Å². The summed E-state index contributed by atoms with van der Waals surface area (Å²) in [7, 11) is 0. The SMILES string of the molecule is CCOC(=O)Nc1cnc(Cl)cn1. The van der Waals surface area contributed by atoms with Crippen LogP contribution >= 0.6 is 11.6 Å². The Kier molecular flexibility index (Phi) is 3.45. The number of ether oxygens (including phenoxy) is 1. The van der Waals surface area contributed by atoms with Crippen LogP contribution in [0, 0.1) is 0 Å². The van der Waals surface area contributed by atoms with E-state index in [1.165, 1.54) is 12.4 Å². The lowest BCUT2D eigenvalue weighted by atomic mass is 10.6. The van der Waals surface area contributed by atoms with Crippen molar-refractivity contribution in [2.24, 2.45) is 0 Å². The lowest BCUT2D eigenvalue weighted by Crippen LogP contribution is -2.14. The molecule has 0 spiro atoms. The minimum absolute atomic E-state index is 0.273. The summed E-state index contributed by atoms with van der Waals surface area (Å²) in [5, 5.41) is 2.65. The van der Waals surface area contributed by atoms with Gasteiger partial charge in [0.1, 0.15) is 5.15 Å². The Labute approximate surface area is 80.1 Å². The van der Waals surface area contributed by atoms with E-state index in [2.05, 4.69) is 20.0 Å². The van der Waals surface area contributed by atoms with Crippen molar-refractivity contribution < 1.29 is 9.53 Å². The monoisotopic (exact) mass is 201 g/mol. The summed E-state index contributed by atoms with van der Waals surface area (Å²) in [6, 6.07) is 0. The molecule has 0 aliphatic rings. The third-order valence-corrected chi connectivity index (χ3v) is 1.32. The number of anilines is 1. The van der Waals surface area contributed by atoms with Gasteiger partial charge in [-0.25, -0.2) is 14.8 Å². The number of aromatic nitrogens is 2. The molecule has 0 radical (unpaired) electrons. The Morgan fingerprint density at radius 2 is 2.38 bits per heavy atom. The molecule has 0 aliphatic carbocycles. The molecule has 0 aliphatic heterocycles. The Hall–Kier alpha value is -1.36. The van der Waals surface area contributed by atoms with Crippen LogP contribution in [0.3, 0.4) is 0 Å². The Bertz CT molecular complexity index is 288. The van der Waals surface area contributed by atoms with Gasteiger partial charge in [-0.1, -0.05) is 11.6 Å². The molecule has 1 amide bonds. The van der Waals surface area contributed by atoms with Crippen molar-refractivity contribution >= 4 is 23.5 Å². The first-order valence-corrected chi connectivity index (χ1v) is 4.01. The maximum absolute atomic E-state index is 10.9. The molecule has 1 aromatic rings. The van der Waals surface area contributed by atoms with E-state index in [1.54, 1.807) is 6.92 Å². The highest BCUT2D eigenvalue weighted by Gasteiger charge is 2.02. The van der Waals surface area contributed by atoms with Gasteiger partial charge in [0.25, 0.3) is 0 Å². The summed E-state index contributed by atoms with van der Waals surface area (Å²) in [5.74, 6) is 0.308. The number of nitrogens with one attached hydrogen (secondary N) is 1. The zero-order valence-corrected chi connectivity index (χ0v) is 7.71. The van der Waals surface area contributed by atoms with E-state index in [4.69, 9.17) is 11.6 Å². The van der Waals surface area contributed by atoms with Gasteiger partial charge in [-0.05, 0) is 6.92 Å². The first-order chi connectivity index (χ1) is 6.22. The van der Waals surface area contributed by atoms with Crippen molar-refractivity contribution in [1.29, 1.82) is 0 Å². The zero-order chi connectivity index (χ0) is 9.68. The molecule has 13 heavy (non-hydrogen) atoms. The summed E-state index contributed by atoms with van der Waals surface area (Å²) in [6.45, 7) is 2.03. The highest BCUT2D eigenvalue weighted by Crippen LogP contribution is 2.05. The van der Waals surface area contributed by atoms with Gasteiger partial charge in [0, 0.05) is 0 Å². The first kappa shape index (κ1) is 9.73. The predicted octanol–water partition coefficient (Wildman–Crippen LogP) is 1.70. The molecule has 0 fully saturated rings. The van der Waals surface area contributed by atoms with Gasteiger partial charge < -0.3 is 4.74 Å². The molecule has 0 saturated carbocycles. The van der Waals surface area contributed by atoms with Crippen LogP contribution in [0.4, 0.5) is 10.6 Å². The average Bonchev–Trinajstić information content (AvgIpc) is 2.09. The van der Waals surface area contributed by atoms with Crippen LogP contribution in [0.5, 0.6) is 0 Å². The van der Waals surface area contributed by atoms with E-state index in [9.17, 15) is 4.79 Å². The van der Waals surface area contributed by atoms with E-state index < -0.39 is 6.09 Å². The number of hydrogen-bond acceptors (Lipinski definition) is 4. The van der Waals surface area contributed by atoms with Gasteiger partial charge >= 0.3 is 6.09 Å². The molecule has 1 aromatic heterocycles. The zero-order valence-electron chi connectivity index (χ0n) is 6.95. The maximum atomic E-state index is 10.9. The summed E-state index contributed by atoms with van der Waals surface area (Å²) in [6.07, 6.45) is 2.13.